The number of carbonyl (C=O) groups excluding carboxylic acids is 1. The molecule has 1 aromatic carbocycles. The fourth-order valence-corrected chi connectivity index (χ4v) is 6.54. The van der Waals surface area contributed by atoms with Gasteiger partial charge >= 0.3 is 6.01 Å². The number of piperazine rings is 1. The van der Waals surface area contributed by atoms with Gasteiger partial charge in [0, 0.05) is 75.1 Å². The van der Waals surface area contributed by atoms with Gasteiger partial charge in [-0.2, -0.15) is 9.97 Å². The van der Waals surface area contributed by atoms with Crippen molar-refractivity contribution in [3.8, 4) is 17.3 Å². The molecule has 11 heteroatoms. The number of carbonyl (C=O) groups is 1. The van der Waals surface area contributed by atoms with Crippen molar-refractivity contribution in [2.45, 2.75) is 37.4 Å². The Labute approximate surface area is 242 Å². The SMILES string of the molecule is COc1nc(N2CCN(C(=O)/C=C/CN3CC4CC(C3)O4)CC2)c2cnc(-c3cccc(Cl)c3C3CC3)c(F)c2n1. The van der Waals surface area contributed by atoms with Crippen LogP contribution in [0, 0.1) is 5.82 Å². The summed E-state index contributed by atoms with van der Waals surface area (Å²) >= 11 is 6.52. The molecule has 4 saturated heterocycles. The molecule has 214 valence electrons. The van der Waals surface area contributed by atoms with Crippen molar-refractivity contribution in [2.24, 2.45) is 0 Å². The number of anilines is 1. The fraction of sp³-hybridized carbons (Fsp3) is 0.467. The maximum absolute atomic E-state index is 16.1. The average Bonchev–Trinajstić information content (AvgIpc) is 3.82. The summed E-state index contributed by atoms with van der Waals surface area (Å²) in [5, 5.41) is 1.14. The lowest BCUT2D eigenvalue weighted by Crippen LogP contribution is -2.57. The summed E-state index contributed by atoms with van der Waals surface area (Å²) in [4.78, 5) is 32.6. The number of methoxy groups -OCH3 is 1. The Morgan fingerprint density at radius 2 is 1.93 bits per heavy atom. The van der Waals surface area contributed by atoms with Gasteiger partial charge in [0.2, 0.25) is 5.91 Å². The van der Waals surface area contributed by atoms with Gasteiger partial charge in [-0.3, -0.25) is 14.7 Å². The van der Waals surface area contributed by atoms with Gasteiger partial charge in [0.05, 0.1) is 24.7 Å². The summed E-state index contributed by atoms with van der Waals surface area (Å²) in [6.07, 6.45) is 9.19. The van der Waals surface area contributed by atoms with E-state index in [9.17, 15) is 4.79 Å². The predicted molar refractivity (Wildman–Crippen MR) is 154 cm³/mol. The van der Waals surface area contributed by atoms with Gasteiger partial charge < -0.3 is 19.3 Å². The van der Waals surface area contributed by atoms with Gasteiger partial charge in [-0.25, -0.2) is 4.39 Å². The molecule has 8 rings (SSSR count). The molecule has 1 saturated carbocycles. The van der Waals surface area contributed by atoms with E-state index in [4.69, 9.17) is 21.1 Å². The molecule has 3 aromatic rings. The highest BCUT2D eigenvalue weighted by Gasteiger charge is 2.37. The second-order valence-corrected chi connectivity index (χ2v) is 11.6. The average molecular weight is 579 g/mol. The van der Waals surface area contributed by atoms with Gasteiger partial charge in [-0.05, 0) is 30.4 Å². The molecule has 2 aromatic heterocycles. The fourth-order valence-electron chi connectivity index (χ4n) is 6.21. The van der Waals surface area contributed by atoms with Gasteiger partial charge in [0.25, 0.3) is 0 Å². The number of morpholine rings is 1. The molecule has 2 unspecified atom stereocenters. The first kappa shape index (κ1) is 26.6. The number of fused-ring (bicyclic) bond motifs is 3. The quantitative estimate of drug-likeness (QED) is 0.388. The highest BCUT2D eigenvalue weighted by atomic mass is 35.5. The monoisotopic (exact) mass is 578 g/mol. The Morgan fingerprint density at radius 3 is 2.63 bits per heavy atom. The summed E-state index contributed by atoms with van der Waals surface area (Å²) in [5.74, 6) is 0.348. The van der Waals surface area contributed by atoms with Gasteiger partial charge in [0.1, 0.15) is 17.0 Å². The van der Waals surface area contributed by atoms with Crippen LogP contribution in [0.1, 0.15) is 30.7 Å². The van der Waals surface area contributed by atoms with Gasteiger partial charge in [0.15, 0.2) is 5.82 Å². The van der Waals surface area contributed by atoms with E-state index in [1.807, 2.05) is 34.1 Å². The summed E-state index contributed by atoms with van der Waals surface area (Å²) in [6.45, 7) is 4.77. The van der Waals surface area contributed by atoms with E-state index in [0.29, 0.717) is 66.1 Å². The van der Waals surface area contributed by atoms with Crippen LogP contribution in [0.5, 0.6) is 6.01 Å². The molecule has 4 aliphatic heterocycles. The standard InChI is InChI=1S/C30H32ClFN6O3/c1-40-30-34-28-22(15-33-27(26(28)32)21-4-2-5-23(31)25(21)18-7-8-18)29(35-30)38-12-10-37(11-13-38)24(39)6-3-9-36-16-19-14-20(17-36)41-19/h2-6,15,18-20H,7-14,16-17H2,1H3/b6-3+. The molecule has 0 spiro atoms. The number of halogens is 2. The number of benzene rings is 1. The molecule has 9 nitrogen and oxygen atoms in total. The highest BCUT2D eigenvalue weighted by molar-refractivity contribution is 6.32. The number of amides is 1. The van der Waals surface area contributed by atoms with E-state index >= 15 is 4.39 Å². The summed E-state index contributed by atoms with van der Waals surface area (Å²) in [6, 6.07) is 5.61. The second kappa shape index (κ2) is 10.8. The molecule has 1 aliphatic carbocycles. The molecule has 0 radical (unpaired) electrons. The molecule has 6 heterocycles. The van der Waals surface area contributed by atoms with Crippen molar-refractivity contribution < 1.29 is 18.7 Å². The number of rotatable bonds is 7. The van der Waals surface area contributed by atoms with Crippen LogP contribution in [-0.2, 0) is 9.53 Å². The van der Waals surface area contributed by atoms with Crippen molar-refractivity contribution in [1.82, 2.24) is 24.8 Å². The zero-order valence-corrected chi connectivity index (χ0v) is 23.7. The topological polar surface area (TPSA) is 83.9 Å². The number of nitrogens with zero attached hydrogens (tertiary/aromatic N) is 6. The minimum Gasteiger partial charge on any atom is -0.467 e. The van der Waals surface area contributed by atoms with Crippen molar-refractivity contribution in [3.63, 3.8) is 0 Å². The van der Waals surface area contributed by atoms with Crippen LogP contribution in [0.25, 0.3) is 22.2 Å². The molecule has 5 fully saturated rings. The minimum absolute atomic E-state index is 0.00135. The number of ether oxygens (including phenoxy) is 2. The number of pyridine rings is 1. The lowest BCUT2D eigenvalue weighted by molar-refractivity contribution is -0.178. The number of aromatic nitrogens is 3. The third-order valence-corrected chi connectivity index (χ3v) is 8.80. The molecule has 2 bridgehead atoms. The Balaban J connectivity index is 1.09. The van der Waals surface area contributed by atoms with E-state index in [-0.39, 0.29) is 23.1 Å². The highest BCUT2D eigenvalue weighted by Crippen LogP contribution is 2.48. The van der Waals surface area contributed by atoms with Crippen LogP contribution in [0.2, 0.25) is 5.02 Å². The van der Waals surface area contributed by atoms with Crippen molar-refractivity contribution in [2.75, 3.05) is 57.8 Å². The third kappa shape index (κ3) is 5.13. The van der Waals surface area contributed by atoms with E-state index in [1.54, 1.807) is 12.3 Å². The Kier molecular flexibility index (Phi) is 7.00. The lowest BCUT2D eigenvalue weighted by atomic mass is 9.99. The minimum atomic E-state index is -0.523. The van der Waals surface area contributed by atoms with Gasteiger partial charge in [-0.15, -0.1) is 0 Å². The van der Waals surface area contributed by atoms with Crippen molar-refractivity contribution in [1.29, 1.82) is 0 Å². The van der Waals surface area contributed by atoms with Crippen LogP contribution in [0.3, 0.4) is 0 Å². The zero-order valence-electron chi connectivity index (χ0n) is 22.9. The molecular formula is C30H32ClFN6O3. The van der Waals surface area contributed by atoms with Gasteiger partial charge in [-0.1, -0.05) is 29.8 Å². The predicted octanol–water partition coefficient (Wildman–Crippen LogP) is 4.05. The Bertz CT molecular complexity index is 1510. The summed E-state index contributed by atoms with van der Waals surface area (Å²) in [5.41, 5.74) is 2.02. The Morgan fingerprint density at radius 1 is 1.17 bits per heavy atom. The van der Waals surface area contributed by atoms with Crippen LogP contribution in [-0.4, -0.2) is 95.8 Å². The molecular weight excluding hydrogens is 547 g/mol. The molecule has 5 aliphatic rings. The molecule has 1 amide bonds. The maximum atomic E-state index is 16.1. The van der Waals surface area contributed by atoms with Crippen molar-refractivity contribution in [3.05, 3.63) is 53.0 Å². The largest absolute Gasteiger partial charge is 0.467 e. The third-order valence-electron chi connectivity index (χ3n) is 8.47. The first-order valence-corrected chi connectivity index (χ1v) is 14.6. The van der Waals surface area contributed by atoms with Crippen molar-refractivity contribution >= 4 is 34.2 Å². The van der Waals surface area contributed by atoms with Crippen LogP contribution >= 0.6 is 11.6 Å². The summed E-state index contributed by atoms with van der Waals surface area (Å²) < 4.78 is 27.2. The normalized spacial score (nSPS) is 22.8. The number of hydrogen-bond acceptors (Lipinski definition) is 8. The first-order chi connectivity index (χ1) is 20.0. The summed E-state index contributed by atoms with van der Waals surface area (Å²) in [7, 11) is 1.47. The lowest BCUT2D eigenvalue weighted by Gasteiger charge is -2.46. The zero-order chi connectivity index (χ0) is 28.1. The van der Waals surface area contributed by atoms with E-state index < -0.39 is 5.82 Å². The molecule has 0 N–H and O–H groups in total. The van der Waals surface area contributed by atoms with Crippen LogP contribution in [0.15, 0.2) is 36.5 Å². The van der Waals surface area contributed by atoms with E-state index in [1.165, 1.54) is 7.11 Å². The van der Waals surface area contributed by atoms with Crippen LogP contribution < -0.4 is 9.64 Å². The smallest absolute Gasteiger partial charge is 0.318 e. The molecule has 2 atom stereocenters. The van der Waals surface area contributed by atoms with E-state index in [2.05, 4.69) is 19.9 Å². The number of piperidine rings is 1. The van der Waals surface area contributed by atoms with E-state index in [0.717, 1.165) is 44.5 Å². The molecule has 41 heavy (non-hydrogen) atoms. The first-order valence-electron chi connectivity index (χ1n) is 14.3. The second-order valence-electron chi connectivity index (χ2n) is 11.2. The van der Waals surface area contributed by atoms with Crippen LogP contribution in [0.4, 0.5) is 10.2 Å². The number of hydrogen-bond donors (Lipinski definition) is 0. The Hall–Kier alpha value is -3.34. The maximum Gasteiger partial charge on any atom is 0.318 e.